The zero-order valence-electron chi connectivity index (χ0n) is 18.6. The van der Waals surface area contributed by atoms with Gasteiger partial charge in [-0.3, -0.25) is 9.59 Å². The van der Waals surface area contributed by atoms with E-state index in [9.17, 15) is 14.0 Å². The second-order valence-corrected chi connectivity index (χ2v) is 8.18. The number of carbonyl (C=O) groups is 1. The van der Waals surface area contributed by atoms with Gasteiger partial charge >= 0.3 is 0 Å². The van der Waals surface area contributed by atoms with E-state index in [4.69, 9.17) is 0 Å². The van der Waals surface area contributed by atoms with Crippen LogP contribution in [0.3, 0.4) is 0 Å². The number of hydrogen-bond acceptors (Lipinski definition) is 3. The number of nitrogens with zero attached hydrogens (tertiary/aromatic N) is 2. The lowest BCUT2D eigenvalue weighted by Gasteiger charge is -2.21. The van der Waals surface area contributed by atoms with Crippen molar-refractivity contribution < 1.29 is 9.18 Å². The van der Waals surface area contributed by atoms with Gasteiger partial charge < -0.3 is 4.90 Å². The summed E-state index contributed by atoms with van der Waals surface area (Å²) in [7, 11) is 0. The van der Waals surface area contributed by atoms with Crippen LogP contribution in [0.15, 0.2) is 47.3 Å². The van der Waals surface area contributed by atoms with Crippen LogP contribution >= 0.6 is 0 Å². The molecule has 0 atom stereocenters. The third kappa shape index (κ3) is 4.22. The highest BCUT2D eigenvalue weighted by Gasteiger charge is 2.21. The fraction of sp³-hybridized carbons (Fsp3) is 0.346. The van der Waals surface area contributed by atoms with Gasteiger partial charge in [-0.15, -0.1) is 0 Å². The molecule has 6 heteroatoms. The van der Waals surface area contributed by atoms with Gasteiger partial charge in [-0.05, 0) is 74.4 Å². The molecule has 0 radical (unpaired) electrons. The highest BCUT2D eigenvalue weighted by atomic mass is 19.1. The first-order valence-electron chi connectivity index (χ1n) is 11.3. The van der Waals surface area contributed by atoms with Gasteiger partial charge in [0.05, 0.1) is 5.69 Å². The van der Waals surface area contributed by atoms with Crippen LogP contribution in [0, 0.1) is 5.82 Å². The van der Waals surface area contributed by atoms with Crippen molar-refractivity contribution in [2.45, 2.75) is 46.0 Å². The molecule has 3 aromatic rings. The molecule has 5 nitrogen and oxygen atoms in total. The van der Waals surface area contributed by atoms with E-state index in [1.54, 1.807) is 35.2 Å². The Labute approximate surface area is 187 Å². The smallest absolute Gasteiger partial charge is 0.267 e. The maximum Gasteiger partial charge on any atom is 0.267 e. The van der Waals surface area contributed by atoms with Gasteiger partial charge in [0, 0.05) is 36.2 Å². The summed E-state index contributed by atoms with van der Waals surface area (Å²) in [5.41, 5.74) is 4.96. The number of H-pyrrole nitrogens is 1. The lowest BCUT2D eigenvalue weighted by atomic mass is 9.89. The molecule has 1 heterocycles. The van der Waals surface area contributed by atoms with E-state index >= 15 is 0 Å². The zero-order valence-corrected chi connectivity index (χ0v) is 18.6. The first kappa shape index (κ1) is 21.9. The topological polar surface area (TPSA) is 66.1 Å². The molecule has 0 spiro atoms. The van der Waals surface area contributed by atoms with Crippen molar-refractivity contribution in [3.8, 4) is 11.1 Å². The van der Waals surface area contributed by atoms with Gasteiger partial charge in [0.15, 0.2) is 0 Å². The summed E-state index contributed by atoms with van der Waals surface area (Å²) in [6.07, 6.45) is 4.17. The Hall–Kier alpha value is -3.28. The van der Waals surface area contributed by atoms with Crippen molar-refractivity contribution in [2.24, 2.45) is 0 Å². The van der Waals surface area contributed by atoms with Crippen LogP contribution in [0.1, 0.15) is 59.4 Å². The molecular formula is C26H28FN3O2. The summed E-state index contributed by atoms with van der Waals surface area (Å²) in [5.74, 6) is -0.475. The maximum atomic E-state index is 14.9. The van der Waals surface area contributed by atoms with E-state index in [1.165, 1.54) is 6.07 Å². The fourth-order valence-corrected chi connectivity index (χ4v) is 4.54. The molecule has 0 aliphatic heterocycles. The predicted octanol–water partition coefficient (Wildman–Crippen LogP) is 4.53. The third-order valence-electron chi connectivity index (χ3n) is 6.28. The summed E-state index contributed by atoms with van der Waals surface area (Å²) in [6, 6.07) is 12.2. The molecule has 32 heavy (non-hydrogen) atoms. The molecule has 166 valence electrons. The Bertz CT molecular complexity index is 1200. The minimum absolute atomic E-state index is 0.105. The molecule has 2 aromatic carbocycles. The molecular weight excluding hydrogens is 405 g/mol. The van der Waals surface area contributed by atoms with Gasteiger partial charge in [-0.1, -0.05) is 24.3 Å². The average molecular weight is 434 g/mol. The van der Waals surface area contributed by atoms with E-state index in [-0.39, 0.29) is 17.3 Å². The summed E-state index contributed by atoms with van der Waals surface area (Å²) >= 11 is 0. The minimum atomic E-state index is -0.370. The van der Waals surface area contributed by atoms with Gasteiger partial charge in [-0.25, -0.2) is 9.49 Å². The molecule has 1 aliphatic rings. The van der Waals surface area contributed by atoms with Crippen LogP contribution in [0.5, 0.6) is 0 Å². The standard InChI is InChI=1S/C26H28FN3O2/c1-3-30(4-2)26(32)21-12-8-5-9-18(21)22-15-17(13-14-23(22)27)16-24-19-10-6-7-11-20(19)25(31)29-28-24/h5,8-9,12-15H,3-4,6-7,10-11,16H2,1-2H3,(H,29,31). The Kier molecular flexibility index (Phi) is 6.49. The molecule has 0 saturated heterocycles. The number of carbonyl (C=O) groups excluding carboxylic acids is 1. The van der Waals surface area contributed by atoms with Gasteiger partial charge in [0.2, 0.25) is 0 Å². The molecule has 0 bridgehead atoms. The number of hydrogen-bond donors (Lipinski definition) is 1. The summed E-state index contributed by atoms with van der Waals surface area (Å²) in [6.45, 7) is 5.05. The van der Waals surface area contributed by atoms with E-state index in [1.807, 2.05) is 19.9 Å². The van der Waals surface area contributed by atoms with Crippen molar-refractivity contribution in [3.63, 3.8) is 0 Å². The number of rotatable bonds is 6. The largest absolute Gasteiger partial charge is 0.339 e. The quantitative estimate of drug-likeness (QED) is 0.621. The van der Waals surface area contributed by atoms with Crippen molar-refractivity contribution in [1.82, 2.24) is 15.1 Å². The zero-order chi connectivity index (χ0) is 22.7. The normalized spacial score (nSPS) is 13.0. The van der Waals surface area contributed by atoms with Crippen LogP contribution in [0.4, 0.5) is 4.39 Å². The van der Waals surface area contributed by atoms with Crippen molar-refractivity contribution in [2.75, 3.05) is 13.1 Å². The molecule has 4 rings (SSSR count). The first-order chi connectivity index (χ1) is 15.5. The molecule has 1 aliphatic carbocycles. The Morgan fingerprint density at radius 1 is 1.03 bits per heavy atom. The van der Waals surface area contributed by atoms with Crippen molar-refractivity contribution >= 4 is 5.91 Å². The molecule has 1 aromatic heterocycles. The van der Waals surface area contributed by atoms with Gasteiger partial charge in [0.25, 0.3) is 11.5 Å². The average Bonchev–Trinajstić information content (AvgIpc) is 2.83. The highest BCUT2D eigenvalue weighted by molar-refractivity contribution is 6.01. The summed E-state index contributed by atoms with van der Waals surface area (Å²) in [5, 5.41) is 6.94. The number of aromatic amines is 1. The van der Waals surface area contributed by atoms with Gasteiger partial charge in [-0.2, -0.15) is 5.10 Å². The molecule has 1 amide bonds. The third-order valence-corrected chi connectivity index (χ3v) is 6.28. The molecule has 1 N–H and O–H groups in total. The van der Waals surface area contributed by atoms with E-state index < -0.39 is 0 Å². The summed E-state index contributed by atoms with van der Waals surface area (Å²) < 4.78 is 14.9. The highest BCUT2D eigenvalue weighted by Crippen LogP contribution is 2.30. The minimum Gasteiger partial charge on any atom is -0.339 e. The SMILES string of the molecule is CCN(CC)C(=O)c1ccccc1-c1cc(Cc2n[nH]c(=O)c3c2CCCC3)ccc1F. The number of halogens is 1. The first-order valence-corrected chi connectivity index (χ1v) is 11.3. The number of aromatic nitrogens is 2. The van der Waals surface area contributed by atoms with E-state index in [0.29, 0.717) is 36.2 Å². The summed E-state index contributed by atoms with van der Waals surface area (Å²) in [4.78, 5) is 26.9. The molecule has 0 fully saturated rings. The number of fused-ring (bicyclic) bond motifs is 1. The Balaban J connectivity index is 1.73. The van der Waals surface area contributed by atoms with Gasteiger partial charge in [0.1, 0.15) is 5.82 Å². The van der Waals surface area contributed by atoms with Crippen LogP contribution in [-0.4, -0.2) is 34.1 Å². The Morgan fingerprint density at radius 2 is 1.75 bits per heavy atom. The lowest BCUT2D eigenvalue weighted by Crippen LogP contribution is -2.30. The number of amides is 1. The predicted molar refractivity (Wildman–Crippen MR) is 123 cm³/mol. The second kappa shape index (κ2) is 9.47. The van der Waals surface area contributed by atoms with Crippen molar-refractivity contribution in [1.29, 1.82) is 0 Å². The van der Waals surface area contributed by atoms with E-state index in [0.717, 1.165) is 48.1 Å². The van der Waals surface area contributed by atoms with E-state index in [2.05, 4.69) is 10.2 Å². The maximum absolute atomic E-state index is 14.9. The van der Waals surface area contributed by atoms with Crippen LogP contribution in [-0.2, 0) is 19.3 Å². The molecule has 0 saturated carbocycles. The molecule has 0 unspecified atom stereocenters. The fourth-order valence-electron chi connectivity index (χ4n) is 4.54. The Morgan fingerprint density at radius 3 is 2.50 bits per heavy atom. The number of benzene rings is 2. The van der Waals surface area contributed by atoms with Crippen LogP contribution in [0.25, 0.3) is 11.1 Å². The lowest BCUT2D eigenvalue weighted by molar-refractivity contribution is 0.0774. The van der Waals surface area contributed by atoms with Crippen molar-refractivity contribution in [3.05, 3.63) is 86.6 Å². The monoisotopic (exact) mass is 433 g/mol. The second-order valence-electron chi connectivity index (χ2n) is 8.18. The number of nitrogens with one attached hydrogen (secondary N) is 1. The van der Waals surface area contributed by atoms with Crippen LogP contribution in [0.2, 0.25) is 0 Å². The van der Waals surface area contributed by atoms with Crippen LogP contribution < -0.4 is 5.56 Å².